The summed E-state index contributed by atoms with van der Waals surface area (Å²) in [7, 11) is 0. The van der Waals surface area contributed by atoms with Crippen LogP contribution in [0.4, 0.5) is 9.52 Å². The van der Waals surface area contributed by atoms with Gasteiger partial charge in [-0.05, 0) is 24.1 Å². The fraction of sp³-hybridized carbons (Fsp3) is 0.400. The van der Waals surface area contributed by atoms with E-state index < -0.39 is 0 Å². The normalized spacial score (nSPS) is 10.5. The van der Waals surface area contributed by atoms with E-state index >= 15 is 0 Å². The molecule has 0 bridgehead atoms. The number of anilines is 1. The quantitative estimate of drug-likeness (QED) is 0.534. The van der Waals surface area contributed by atoms with Crippen molar-refractivity contribution in [3.8, 4) is 0 Å². The fourth-order valence-corrected chi connectivity index (χ4v) is 3.30. The maximum atomic E-state index is 12.8. The molecule has 23 heavy (non-hydrogen) atoms. The summed E-state index contributed by atoms with van der Waals surface area (Å²) in [6, 6.07) is 6.07. The van der Waals surface area contributed by atoms with Crippen LogP contribution in [0, 0.1) is 5.82 Å². The number of halogens is 1. The minimum absolute atomic E-state index is 0.0879. The maximum absolute atomic E-state index is 12.8. The molecular weight excluding hydrogens is 335 g/mol. The molecule has 124 valence electrons. The van der Waals surface area contributed by atoms with Crippen LogP contribution in [0.5, 0.6) is 0 Å². The Morgan fingerprint density at radius 1 is 1.30 bits per heavy atom. The van der Waals surface area contributed by atoms with Gasteiger partial charge < -0.3 is 10.6 Å². The third kappa shape index (κ3) is 6.54. The minimum atomic E-state index is -0.282. The molecule has 2 N–H and O–H groups in total. The van der Waals surface area contributed by atoms with Crippen molar-refractivity contribution >= 4 is 34.1 Å². The third-order valence-corrected chi connectivity index (χ3v) is 4.96. The molecule has 0 atom stereocenters. The lowest BCUT2D eigenvalue weighted by atomic mass is 10.2. The van der Waals surface area contributed by atoms with Crippen molar-refractivity contribution in [3.05, 3.63) is 35.6 Å². The smallest absolute Gasteiger partial charge is 0.230 e. The highest BCUT2D eigenvalue weighted by Gasteiger charge is 2.08. The number of hydrogen-bond acceptors (Lipinski definition) is 6. The molecule has 1 aromatic heterocycles. The molecule has 1 aromatic carbocycles. The molecule has 8 heteroatoms. The van der Waals surface area contributed by atoms with E-state index in [-0.39, 0.29) is 17.5 Å². The zero-order chi connectivity index (χ0) is 16.5. The summed E-state index contributed by atoms with van der Waals surface area (Å²) in [4.78, 5) is 11.8. The Morgan fingerprint density at radius 2 is 2.09 bits per heavy atom. The number of unbranched alkanes of at least 4 members (excludes halogenated alkanes) is 1. The van der Waals surface area contributed by atoms with Gasteiger partial charge in [0.25, 0.3) is 0 Å². The number of aromatic nitrogens is 2. The first-order valence-electron chi connectivity index (χ1n) is 7.38. The molecule has 0 spiro atoms. The Labute approximate surface area is 143 Å². The maximum Gasteiger partial charge on any atom is 0.230 e. The van der Waals surface area contributed by atoms with Crippen LogP contribution >= 0.6 is 23.1 Å². The predicted octanol–water partition coefficient (Wildman–Crippen LogP) is 3.30. The molecule has 2 rings (SSSR count). The summed E-state index contributed by atoms with van der Waals surface area (Å²) in [6.07, 6.45) is 2.22. The number of carbonyl (C=O) groups is 1. The van der Waals surface area contributed by atoms with Gasteiger partial charge in [0, 0.05) is 13.1 Å². The third-order valence-electron chi connectivity index (χ3n) is 2.94. The van der Waals surface area contributed by atoms with Crippen molar-refractivity contribution in [3.63, 3.8) is 0 Å². The van der Waals surface area contributed by atoms with E-state index in [9.17, 15) is 9.18 Å². The first kappa shape index (κ1) is 17.7. The summed E-state index contributed by atoms with van der Waals surface area (Å²) in [5.41, 5.74) is 0.864. The lowest BCUT2D eigenvalue weighted by Crippen LogP contribution is -2.24. The molecule has 0 saturated heterocycles. The van der Waals surface area contributed by atoms with Gasteiger partial charge in [-0.1, -0.05) is 48.6 Å². The zero-order valence-corrected chi connectivity index (χ0v) is 14.5. The number of carbonyl (C=O) groups excluding carboxylic acids is 1. The number of amides is 1. The standard InChI is InChI=1S/C15H19FN4OS2/c1-2-3-8-17-14-19-20-15(23-14)22-10-13(21)18-9-11-4-6-12(16)7-5-11/h4-7H,2-3,8-10H2,1H3,(H,17,19)(H,18,21). The van der Waals surface area contributed by atoms with Gasteiger partial charge in [-0.2, -0.15) is 0 Å². The van der Waals surface area contributed by atoms with Crippen LogP contribution < -0.4 is 10.6 Å². The molecule has 0 saturated carbocycles. The molecule has 1 amide bonds. The molecule has 0 radical (unpaired) electrons. The topological polar surface area (TPSA) is 66.9 Å². The first-order chi connectivity index (χ1) is 11.2. The van der Waals surface area contributed by atoms with Crippen molar-refractivity contribution in [1.29, 1.82) is 0 Å². The van der Waals surface area contributed by atoms with E-state index in [0.717, 1.165) is 34.4 Å². The van der Waals surface area contributed by atoms with Crippen LogP contribution in [0.25, 0.3) is 0 Å². The summed E-state index contributed by atoms with van der Waals surface area (Å²) < 4.78 is 13.6. The number of rotatable bonds is 9. The highest BCUT2D eigenvalue weighted by molar-refractivity contribution is 8.01. The van der Waals surface area contributed by atoms with Crippen LogP contribution in [0.15, 0.2) is 28.6 Å². The van der Waals surface area contributed by atoms with Gasteiger partial charge in [-0.3, -0.25) is 4.79 Å². The van der Waals surface area contributed by atoms with Gasteiger partial charge in [0.05, 0.1) is 5.75 Å². The van der Waals surface area contributed by atoms with E-state index in [0.29, 0.717) is 6.54 Å². The highest BCUT2D eigenvalue weighted by Crippen LogP contribution is 2.25. The van der Waals surface area contributed by atoms with Crippen molar-refractivity contribution in [2.45, 2.75) is 30.6 Å². The predicted molar refractivity (Wildman–Crippen MR) is 92.3 cm³/mol. The number of nitrogens with one attached hydrogen (secondary N) is 2. The van der Waals surface area contributed by atoms with Crippen LogP contribution in [-0.2, 0) is 11.3 Å². The molecule has 0 aliphatic carbocycles. The van der Waals surface area contributed by atoms with Gasteiger partial charge in [0.1, 0.15) is 5.82 Å². The number of nitrogens with zero attached hydrogens (tertiary/aromatic N) is 2. The lowest BCUT2D eigenvalue weighted by Gasteiger charge is -2.04. The van der Waals surface area contributed by atoms with Gasteiger partial charge in [0.15, 0.2) is 4.34 Å². The number of benzene rings is 1. The van der Waals surface area contributed by atoms with Crippen LogP contribution in [0.1, 0.15) is 25.3 Å². The average molecular weight is 354 g/mol. The molecule has 1 heterocycles. The molecule has 0 fully saturated rings. The minimum Gasteiger partial charge on any atom is -0.360 e. The molecule has 0 aliphatic heterocycles. The van der Waals surface area contributed by atoms with Gasteiger partial charge in [-0.25, -0.2) is 4.39 Å². The average Bonchev–Trinajstić information content (AvgIpc) is 3.00. The lowest BCUT2D eigenvalue weighted by molar-refractivity contribution is -0.118. The molecule has 2 aromatic rings. The van der Waals surface area contributed by atoms with Gasteiger partial charge in [-0.15, -0.1) is 10.2 Å². The van der Waals surface area contributed by atoms with E-state index in [2.05, 4.69) is 27.8 Å². The van der Waals surface area contributed by atoms with Gasteiger partial charge in [0.2, 0.25) is 11.0 Å². The van der Waals surface area contributed by atoms with E-state index in [4.69, 9.17) is 0 Å². The second-order valence-electron chi connectivity index (χ2n) is 4.85. The van der Waals surface area contributed by atoms with Crippen molar-refractivity contribution < 1.29 is 9.18 Å². The second-order valence-corrected chi connectivity index (χ2v) is 7.05. The summed E-state index contributed by atoms with van der Waals surface area (Å²) in [6.45, 7) is 3.40. The summed E-state index contributed by atoms with van der Waals surface area (Å²) in [5.74, 6) is -0.0876. The highest BCUT2D eigenvalue weighted by atomic mass is 32.2. The van der Waals surface area contributed by atoms with E-state index in [1.165, 1.54) is 35.2 Å². The largest absolute Gasteiger partial charge is 0.360 e. The Kier molecular flexibility index (Phi) is 7.28. The Bertz CT molecular complexity index is 618. The second kappa shape index (κ2) is 9.46. The van der Waals surface area contributed by atoms with Crippen molar-refractivity contribution in [2.75, 3.05) is 17.6 Å². The molecule has 0 unspecified atom stereocenters. The SMILES string of the molecule is CCCCNc1nnc(SCC(=O)NCc2ccc(F)cc2)s1. The Balaban J connectivity index is 1.68. The van der Waals surface area contributed by atoms with Gasteiger partial charge >= 0.3 is 0 Å². The summed E-state index contributed by atoms with van der Waals surface area (Å²) >= 11 is 2.81. The molecule has 5 nitrogen and oxygen atoms in total. The Morgan fingerprint density at radius 3 is 2.83 bits per heavy atom. The number of thioether (sulfide) groups is 1. The van der Waals surface area contributed by atoms with E-state index in [1.54, 1.807) is 12.1 Å². The summed E-state index contributed by atoms with van der Waals surface area (Å²) in [5, 5.41) is 14.9. The fourth-order valence-electron chi connectivity index (χ4n) is 1.69. The van der Waals surface area contributed by atoms with Crippen molar-refractivity contribution in [1.82, 2.24) is 15.5 Å². The Hall–Kier alpha value is -1.67. The number of hydrogen-bond donors (Lipinski definition) is 2. The van der Waals surface area contributed by atoms with Crippen molar-refractivity contribution in [2.24, 2.45) is 0 Å². The van der Waals surface area contributed by atoms with Crippen LogP contribution in [-0.4, -0.2) is 28.4 Å². The monoisotopic (exact) mass is 354 g/mol. The van der Waals surface area contributed by atoms with E-state index in [1.807, 2.05) is 0 Å². The first-order valence-corrected chi connectivity index (χ1v) is 9.19. The molecular formula is C15H19FN4OS2. The van der Waals surface area contributed by atoms with Crippen LogP contribution in [0.3, 0.4) is 0 Å². The molecule has 0 aliphatic rings. The zero-order valence-electron chi connectivity index (χ0n) is 12.8. The van der Waals surface area contributed by atoms with Crippen LogP contribution in [0.2, 0.25) is 0 Å².